The van der Waals surface area contributed by atoms with E-state index in [0.717, 1.165) is 33.7 Å². The zero-order chi connectivity index (χ0) is 26.7. The summed E-state index contributed by atoms with van der Waals surface area (Å²) in [5.41, 5.74) is 7.53. The van der Waals surface area contributed by atoms with Crippen LogP contribution in [0.15, 0.2) is 159 Å². The summed E-state index contributed by atoms with van der Waals surface area (Å²) in [5, 5.41) is 0. The molecule has 4 aromatic carbocycles. The first-order valence-electron chi connectivity index (χ1n) is 13.3. The number of pyridine rings is 1. The number of hydrogen-bond donors (Lipinski definition) is 0. The van der Waals surface area contributed by atoms with Crippen molar-refractivity contribution in [3.63, 3.8) is 0 Å². The van der Waals surface area contributed by atoms with Gasteiger partial charge in [-0.2, -0.15) is 0 Å². The molecule has 212 valence electrons. The van der Waals surface area contributed by atoms with Gasteiger partial charge >= 0.3 is 17.1 Å². The van der Waals surface area contributed by atoms with Crippen molar-refractivity contribution in [1.82, 2.24) is 4.98 Å². The summed E-state index contributed by atoms with van der Waals surface area (Å²) in [7, 11) is 0. The Bertz CT molecular complexity index is 1660. The molecule has 43 heavy (non-hydrogen) atoms. The zero-order valence-electron chi connectivity index (χ0n) is 22.8. The number of benzene rings is 4. The summed E-state index contributed by atoms with van der Waals surface area (Å²) in [6.07, 6.45) is 0. The van der Waals surface area contributed by atoms with Crippen molar-refractivity contribution in [2.75, 3.05) is 0 Å². The second kappa shape index (κ2) is 14.3. The van der Waals surface area contributed by atoms with Gasteiger partial charge in [-0.3, -0.25) is 9.98 Å². The van der Waals surface area contributed by atoms with Crippen molar-refractivity contribution >= 4 is 23.1 Å². The Hall–Kier alpha value is -4.19. The van der Waals surface area contributed by atoms with Crippen LogP contribution in [0.25, 0.3) is 0 Å². The molecule has 5 nitrogen and oxygen atoms in total. The molecule has 5 aromatic rings. The third kappa shape index (κ3) is 6.58. The molecule has 0 saturated heterocycles. The fourth-order valence-electron chi connectivity index (χ4n) is 5.10. The van der Waals surface area contributed by atoms with Crippen LogP contribution >= 0.6 is 0 Å². The maximum atomic E-state index is 5.05. The van der Waals surface area contributed by atoms with Crippen LogP contribution in [-0.4, -0.2) is 28.1 Å². The van der Waals surface area contributed by atoms with Crippen LogP contribution in [0, 0.1) is 0 Å². The molecule has 0 aliphatic carbocycles. The molecule has 0 fully saturated rings. The molecule has 0 spiro atoms. The zero-order valence-corrected chi connectivity index (χ0v) is 25.4. The van der Waals surface area contributed by atoms with E-state index >= 15 is 0 Å². The molecule has 2 aliphatic heterocycles. The summed E-state index contributed by atoms with van der Waals surface area (Å²) in [6, 6.07) is 46.5. The van der Waals surface area contributed by atoms with Gasteiger partial charge in [0.25, 0.3) is 0 Å². The van der Waals surface area contributed by atoms with E-state index in [1.807, 2.05) is 91.0 Å². The number of amidine groups is 2. The Kier molecular flexibility index (Phi) is 10.6. The van der Waals surface area contributed by atoms with Crippen LogP contribution in [0.1, 0.15) is 45.7 Å². The minimum atomic E-state index is -0.196. The number of rotatable bonds is 6. The van der Waals surface area contributed by atoms with Crippen LogP contribution in [0.3, 0.4) is 0 Å². The van der Waals surface area contributed by atoms with Crippen molar-refractivity contribution in [1.29, 1.82) is 0 Å². The van der Waals surface area contributed by atoms with Gasteiger partial charge in [-0.25, -0.2) is 15.0 Å². The third-order valence-corrected chi connectivity index (χ3v) is 7.05. The number of halogens is 2. The van der Waals surface area contributed by atoms with Crippen molar-refractivity contribution in [3.8, 4) is 0 Å². The smallest absolute Gasteiger partial charge is 1.00 e. The van der Waals surface area contributed by atoms with Gasteiger partial charge in [0.1, 0.15) is 23.5 Å². The van der Waals surface area contributed by atoms with Crippen LogP contribution in [0.4, 0.5) is 0 Å². The Labute approximate surface area is 274 Å². The van der Waals surface area contributed by atoms with E-state index in [-0.39, 0.29) is 54.0 Å². The molecular weight excluding hydrogens is 617 g/mol. The number of aromatic nitrogens is 1. The van der Waals surface area contributed by atoms with Gasteiger partial charge < -0.3 is 24.8 Å². The minimum Gasteiger partial charge on any atom is -1.00 e. The second-order valence-corrected chi connectivity index (χ2v) is 9.67. The topological polar surface area (TPSA) is 62.3 Å². The maximum Gasteiger partial charge on any atom is 2.00 e. The fourth-order valence-corrected chi connectivity index (χ4v) is 5.10. The van der Waals surface area contributed by atoms with E-state index in [1.54, 1.807) is 0 Å². The van der Waals surface area contributed by atoms with Gasteiger partial charge in [-0.15, -0.1) is 0 Å². The molecule has 2 atom stereocenters. The molecule has 7 rings (SSSR count). The molecule has 2 unspecified atom stereocenters. The SMILES string of the molecule is [Cl-].[Cl-].[Fe+2].c1ccc(C2=NC(c3cccc(C4=NC(c5ccccc5)C(c5ccccc5)=N4)n3)=NC2c2ccccc2)cc1. The normalized spacial score (nSPS) is 16.8. The first-order valence-corrected chi connectivity index (χ1v) is 13.3. The molecular formula is C35H25Cl2FeN5. The van der Waals surface area contributed by atoms with Gasteiger partial charge in [0, 0.05) is 0 Å². The van der Waals surface area contributed by atoms with E-state index in [1.165, 1.54) is 0 Å². The van der Waals surface area contributed by atoms with E-state index in [4.69, 9.17) is 25.0 Å². The Morgan fingerprint density at radius 3 is 1.12 bits per heavy atom. The predicted molar refractivity (Wildman–Crippen MR) is 162 cm³/mol. The second-order valence-electron chi connectivity index (χ2n) is 9.67. The Morgan fingerprint density at radius 2 is 0.744 bits per heavy atom. The van der Waals surface area contributed by atoms with Crippen molar-refractivity contribution in [2.24, 2.45) is 20.0 Å². The largest absolute Gasteiger partial charge is 2.00 e. The minimum absolute atomic E-state index is 0. The van der Waals surface area contributed by atoms with E-state index in [2.05, 4.69) is 48.5 Å². The maximum absolute atomic E-state index is 5.05. The standard InChI is InChI=1S/C35H25N5.2ClH.Fe/c1-5-14-24(15-6-1)30-31(25-16-7-2-8-17-25)38-34(37-30)28-22-13-23-29(36-28)35-39-32(26-18-9-3-10-19-26)33(40-35)27-20-11-4-12-21-27;;;/h1-23,30,32H;2*1H;/q;;;+2/p-2. The van der Waals surface area contributed by atoms with Crippen molar-refractivity contribution < 1.29 is 41.9 Å². The number of hydrogen-bond acceptors (Lipinski definition) is 5. The summed E-state index contributed by atoms with van der Waals surface area (Å²) >= 11 is 0. The average Bonchev–Trinajstić information content (AvgIpc) is 3.69. The molecule has 0 saturated carbocycles. The monoisotopic (exact) mass is 641 g/mol. The van der Waals surface area contributed by atoms with Gasteiger partial charge in [0.2, 0.25) is 0 Å². The third-order valence-electron chi connectivity index (χ3n) is 7.05. The van der Waals surface area contributed by atoms with Crippen LogP contribution in [0.5, 0.6) is 0 Å². The van der Waals surface area contributed by atoms with Crippen molar-refractivity contribution in [2.45, 2.75) is 12.1 Å². The van der Waals surface area contributed by atoms with E-state index in [0.29, 0.717) is 23.1 Å². The molecule has 3 heterocycles. The number of nitrogens with zero attached hydrogens (tertiary/aromatic N) is 5. The number of aliphatic imine (C=N–C) groups is 4. The molecule has 1 aromatic heterocycles. The average molecular weight is 642 g/mol. The van der Waals surface area contributed by atoms with E-state index in [9.17, 15) is 0 Å². The van der Waals surface area contributed by atoms with Gasteiger partial charge in [0.15, 0.2) is 11.7 Å². The molecule has 0 amide bonds. The Morgan fingerprint density at radius 1 is 0.395 bits per heavy atom. The molecule has 0 bridgehead atoms. The predicted octanol–water partition coefficient (Wildman–Crippen LogP) is 1.07. The van der Waals surface area contributed by atoms with Crippen LogP contribution in [0.2, 0.25) is 0 Å². The first-order chi connectivity index (χ1) is 19.8. The van der Waals surface area contributed by atoms with Crippen LogP contribution < -0.4 is 24.8 Å². The summed E-state index contributed by atoms with van der Waals surface area (Å²) in [4.78, 5) is 25.1. The van der Waals surface area contributed by atoms with Gasteiger partial charge in [-0.1, -0.05) is 127 Å². The summed E-state index contributed by atoms with van der Waals surface area (Å²) < 4.78 is 0. The first kappa shape index (κ1) is 31.7. The molecule has 0 N–H and O–H groups in total. The molecule has 0 radical (unpaired) electrons. The molecule has 8 heteroatoms. The fraction of sp³-hybridized carbons (Fsp3) is 0.0571. The van der Waals surface area contributed by atoms with Gasteiger partial charge in [-0.05, 0) is 34.4 Å². The van der Waals surface area contributed by atoms with Gasteiger partial charge in [0.05, 0.1) is 11.4 Å². The van der Waals surface area contributed by atoms with Crippen molar-refractivity contribution in [3.05, 3.63) is 173 Å². The summed E-state index contributed by atoms with van der Waals surface area (Å²) in [5.74, 6) is 1.22. The van der Waals surface area contributed by atoms with E-state index < -0.39 is 0 Å². The Balaban J connectivity index is 0.00000141. The quantitative estimate of drug-likeness (QED) is 0.256. The van der Waals surface area contributed by atoms with Crippen LogP contribution in [-0.2, 0) is 17.1 Å². The molecule has 2 aliphatic rings. The summed E-state index contributed by atoms with van der Waals surface area (Å²) in [6.45, 7) is 0.